The van der Waals surface area contributed by atoms with Crippen molar-refractivity contribution in [2.45, 2.75) is 76.0 Å². The molecule has 1 saturated carbocycles. The van der Waals surface area contributed by atoms with Crippen LogP contribution in [0, 0.1) is 11.3 Å². The fourth-order valence-corrected chi connectivity index (χ4v) is 4.30. The Hall–Kier alpha value is -0.630. The zero-order valence-corrected chi connectivity index (χ0v) is 14.2. The van der Waals surface area contributed by atoms with Gasteiger partial charge in [-0.1, -0.05) is 0 Å². The Morgan fingerprint density at radius 3 is 2.71 bits per heavy atom. The highest BCUT2D eigenvalue weighted by atomic mass is 15.2. The molecular formula is C17H32N4. The molecule has 1 saturated heterocycles. The van der Waals surface area contributed by atoms with Crippen molar-refractivity contribution < 1.29 is 0 Å². The molecule has 1 aliphatic heterocycles. The highest BCUT2D eigenvalue weighted by Crippen LogP contribution is 2.34. The van der Waals surface area contributed by atoms with Gasteiger partial charge in [0.1, 0.15) is 5.54 Å². The number of nitriles is 1. The molecule has 2 rings (SSSR count). The van der Waals surface area contributed by atoms with Crippen molar-refractivity contribution >= 4 is 0 Å². The SMILES string of the molecule is CC(C)NC1(C#N)CCCC(N2CCCC2CN(C)C)C1. The number of rotatable bonds is 5. The van der Waals surface area contributed by atoms with Gasteiger partial charge in [-0.15, -0.1) is 0 Å². The van der Waals surface area contributed by atoms with E-state index in [-0.39, 0.29) is 5.54 Å². The molecule has 0 spiro atoms. The molecule has 0 radical (unpaired) electrons. The van der Waals surface area contributed by atoms with Gasteiger partial charge in [0.2, 0.25) is 0 Å². The molecule has 21 heavy (non-hydrogen) atoms. The van der Waals surface area contributed by atoms with E-state index in [1.165, 1.54) is 32.2 Å². The highest BCUT2D eigenvalue weighted by Gasteiger charge is 2.41. The molecule has 0 aromatic carbocycles. The van der Waals surface area contributed by atoms with E-state index in [1.54, 1.807) is 0 Å². The number of nitrogens with zero attached hydrogens (tertiary/aromatic N) is 3. The van der Waals surface area contributed by atoms with Crippen LogP contribution in [0.5, 0.6) is 0 Å². The van der Waals surface area contributed by atoms with E-state index in [9.17, 15) is 5.26 Å². The normalized spacial score (nSPS) is 34.5. The number of hydrogen-bond donors (Lipinski definition) is 1. The summed E-state index contributed by atoms with van der Waals surface area (Å²) in [6.07, 6.45) is 7.05. The lowest BCUT2D eigenvalue weighted by Crippen LogP contribution is -2.56. The Morgan fingerprint density at radius 1 is 1.33 bits per heavy atom. The Morgan fingerprint density at radius 2 is 2.10 bits per heavy atom. The fourth-order valence-electron chi connectivity index (χ4n) is 4.30. The highest BCUT2D eigenvalue weighted by molar-refractivity contribution is 5.12. The van der Waals surface area contributed by atoms with Crippen LogP contribution < -0.4 is 5.32 Å². The smallest absolute Gasteiger partial charge is 0.108 e. The predicted molar refractivity (Wildman–Crippen MR) is 87.2 cm³/mol. The molecule has 1 N–H and O–H groups in total. The molecule has 3 atom stereocenters. The quantitative estimate of drug-likeness (QED) is 0.843. The van der Waals surface area contributed by atoms with E-state index >= 15 is 0 Å². The maximum absolute atomic E-state index is 9.72. The van der Waals surface area contributed by atoms with Gasteiger partial charge in [-0.05, 0) is 73.0 Å². The van der Waals surface area contributed by atoms with Crippen LogP contribution in [0.1, 0.15) is 52.4 Å². The molecule has 4 heteroatoms. The monoisotopic (exact) mass is 292 g/mol. The van der Waals surface area contributed by atoms with Gasteiger partial charge in [-0.25, -0.2) is 0 Å². The molecule has 3 unspecified atom stereocenters. The lowest BCUT2D eigenvalue weighted by atomic mass is 9.78. The van der Waals surface area contributed by atoms with Crippen LogP contribution in [0.15, 0.2) is 0 Å². The van der Waals surface area contributed by atoms with Crippen LogP contribution in [0.2, 0.25) is 0 Å². The summed E-state index contributed by atoms with van der Waals surface area (Å²) < 4.78 is 0. The molecule has 4 nitrogen and oxygen atoms in total. The van der Waals surface area contributed by atoms with Crippen LogP contribution in [0.4, 0.5) is 0 Å². The van der Waals surface area contributed by atoms with Gasteiger partial charge in [0.15, 0.2) is 0 Å². The largest absolute Gasteiger partial charge is 0.308 e. The Kier molecular flexibility index (Phi) is 5.65. The summed E-state index contributed by atoms with van der Waals surface area (Å²) in [6, 6.07) is 4.24. The first-order valence-electron chi connectivity index (χ1n) is 8.55. The van der Waals surface area contributed by atoms with Crippen LogP contribution in [-0.2, 0) is 0 Å². The van der Waals surface area contributed by atoms with Crippen molar-refractivity contribution in [3.05, 3.63) is 0 Å². The Labute approximate surface area is 130 Å². The van der Waals surface area contributed by atoms with Crippen LogP contribution in [-0.4, -0.2) is 60.6 Å². The second-order valence-electron chi connectivity index (χ2n) is 7.54. The third-order valence-corrected chi connectivity index (χ3v) is 4.97. The van der Waals surface area contributed by atoms with E-state index in [0.29, 0.717) is 18.1 Å². The van der Waals surface area contributed by atoms with Crippen molar-refractivity contribution in [1.29, 1.82) is 5.26 Å². The summed E-state index contributed by atoms with van der Waals surface area (Å²) in [6.45, 7) is 6.65. The van der Waals surface area contributed by atoms with Gasteiger partial charge < -0.3 is 4.90 Å². The Bertz CT molecular complexity index is 373. The van der Waals surface area contributed by atoms with E-state index in [4.69, 9.17) is 0 Å². The molecule has 2 fully saturated rings. The van der Waals surface area contributed by atoms with E-state index in [0.717, 1.165) is 19.4 Å². The minimum Gasteiger partial charge on any atom is -0.308 e. The van der Waals surface area contributed by atoms with Crippen LogP contribution >= 0.6 is 0 Å². The summed E-state index contributed by atoms with van der Waals surface area (Å²) in [4.78, 5) is 5.00. The first-order chi connectivity index (χ1) is 9.96. The number of likely N-dealkylation sites (tertiary alicyclic amines) is 1. The molecule has 120 valence electrons. The van der Waals surface area contributed by atoms with Gasteiger partial charge in [-0.2, -0.15) is 5.26 Å². The second-order valence-corrected chi connectivity index (χ2v) is 7.54. The molecule has 2 aliphatic rings. The van der Waals surface area contributed by atoms with Crippen LogP contribution in [0.3, 0.4) is 0 Å². The molecule has 1 aliphatic carbocycles. The molecule has 0 amide bonds. The molecule has 0 bridgehead atoms. The van der Waals surface area contributed by atoms with Crippen LogP contribution in [0.25, 0.3) is 0 Å². The van der Waals surface area contributed by atoms with Crippen molar-refractivity contribution in [3.8, 4) is 6.07 Å². The summed E-state index contributed by atoms with van der Waals surface area (Å²) in [5.41, 5.74) is -0.303. The van der Waals surface area contributed by atoms with Crippen molar-refractivity contribution in [1.82, 2.24) is 15.1 Å². The summed E-state index contributed by atoms with van der Waals surface area (Å²) in [7, 11) is 4.33. The minimum absolute atomic E-state index is 0.303. The van der Waals surface area contributed by atoms with E-state index in [2.05, 4.69) is 49.1 Å². The van der Waals surface area contributed by atoms with Crippen molar-refractivity contribution in [3.63, 3.8) is 0 Å². The minimum atomic E-state index is -0.303. The van der Waals surface area contributed by atoms with Crippen molar-refractivity contribution in [2.75, 3.05) is 27.2 Å². The number of hydrogen-bond acceptors (Lipinski definition) is 4. The summed E-state index contributed by atoms with van der Waals surface area (Å²) in [5.74, 6) is 0. The van der Waals surface area contributed by atoms with Gasteiger partial charge in [-0.3, -0.25) is 10.2 Å². The second kappa shape index (κ2) is 7.09. The molecule has 0 aromatic heterocycles. The number of nitrogens with one attached hydrogen (secondary N) is 1. The Balaban J connectivity index is 2.04. The lowest BCUT2D eigenvalue weighted by Gasteiger charge is -2.43. The lowest BCUT2D eigenvalue weighted by molar-refractivity contribution is 0.0936. The standard InChI is InChI=1S/C17H32N4/c1-14(2)19-17(13-18)9-5-7-15(11-17)21-10-6-8-16(21)12-20(3)4/h14-16,19H,5-12H2,1-4H3. The van der Waals surface area contributed by atoms with Gasteiger partial charge >= 0.3 is 0 Å². The first-order valence-corrected chi connectivity index (χ1v) is 8.55. The average molecular weight is 292 g/mol. The predicted octanol–water partition coefficient (Wildman–Crippen LogP) is 2.22. The summed E-state index contributed by atoms with van der Waals surface area (Å²) >= 11 is 0. The van der Waals surface area contributed by atoms with E-state index in [1.807, 2.05) is 0 Å². The number of likely N-dealkylation sites (N-methyl/N-ethyl adjacent to an activating group) is 1. The maximum atomic E-state index is 9.72. The summed E-state index contributed by atoms with van der Waals surface area (Å²) in [5, 5.41) is 13.3. The van der Waals surface area contributed by atoms with Gasteiger partial charge in [0.05, 0.1) is 6.07 Å². The van der Waals surface area contributed by atoms with Gasteiger partial charge in [0, 0.05) is 24.7 Å². The average Bonchev–Trinajstić information content (AvgIpc) is 2.85. The van der Waals surface area contributed by atoms with Gasteiger partial charge in [0.25, 0.3) is 0 Å². The fraction of sp³-hybridized carbons (Fsp3) is 0.941. The third kappa shape index (κ3) is 4.18. The third-order valence-electron chi connectivity index (χ3n) is 4.97. The molecule has 0 aromatic rings. The molecular weight excluding hydrogens is 260 g/mol. The maximum Gasteiger partial charge on any atom is 0.108 e. The topological polar surface area (TPSA) is 42.3 Å². The first kappa shape index (κ1) is 16.7. The van der Waals surface area contributed by atoms with E-state index < -0.39 is 0 Å². The van der Waals surface area contributed by atoms with Crippen molar-refractivity contribution in [2.24, 2.45) is 0 Å². The molecule has 1 heterocycles. The zero-order valence-electron chi connectivity index (χ0n) is 14.2. The zero-order chi connectivity index (χ0) is 15.5.